The van der Waals surface area contributed by atoms with Crippen LogP contribution in [0.3, 0.4) is 0 Å². The molecule has 1 aromatic carbocycles. The molecule has 0 saturated carbocycles. The molecule has 2 aliphatic rings. The molecule has 1 atom stereocenters. The molecular formula is C13H11N3O2. The van der Waals surface area contributed by atoms with Gasteiger partial charge < -0.3 is 10.4 Å². The Morgan fingerprint density at radius 2 is 2.17 bits per heavy atom. The highest BCUT2D eigenvalue weighted by molar-refractivity contribution is 5.95. The van der Waals surface area contributed by atoms with Crippen molar-refractivity contribution in [1.82, 2.24) is 9.55 Å². The Morgan fingerprint density at radius 3 is 3.06 bits per heavy atom. The lowest BCUT2D eigenvalue weighted by Gasteiger charge is -2.19. The molecule has 0 bridgehead atoms. The van der Waals surface area contributed by atoms with Gasteiger partial charge in [-0.05, 0) is 17.7 Å². The highest BCUT2D eigenvalue weighted by atomic mass is 16.3. The van der Waals surface area contributed by atoms with Crippen LogP contribution in [-0.4, -0.2) is 20.7 Å². The van der Waals surface area contributed by atoms with Crippen molar-refractivity contribution in [2.24, 2.45) is 0 Å². The Balaban J connectivity index is 1.96. The summed E-state index contributed by atoms with van der Waals surface area (Å²) in [6.07, 6.45) is 1.88. The van der Waals surface area contributed by atoms with Crippen molar-refractivity contribution in [2.45, 2.75) is 12.6 Å². The van der Waals surface area contributed by atoms with E-state index in [1.54, 1.807) is 4.57 Å². The average molecular weight is 241 g/mol. The second-order valence-electron chi connectivity index (χ2n) is 4.62. The molecule has 2 aliphatic heterocycles. The summed E-state index contributed by atoms with van der Waals surface area (Å²) >= 11 is 0. The number of anilines is 1. The van der Waals surface area contributed by atoms with Crippen LogP contribution in [0, 0.1) is 0 Å². The standard InChI is InChI=1S/C13H11N3O2/c17-12-11-5-8-7-3-1-2-4-9(7)14-10(8)6-16(11)13(18)15-12/h1-5,10,14,17H,6H2,(H,15,18). The van der Waals surface area contributed by atoms with Crippen LogP contribution in [0.25, 0.3) is 11.6 Å². The van der Waals surface area contributed by atoms with Gasteiger partial charge in [-0.25, -0.2) is 4.79 Å². The Morgan fingerprint density at radius 1 is 1.33 bits per heavy atom. The molecule has 0 radical (unpaired) electrons. The monoisotopic (exact) mass is 241 g/mol. The number of para-hydroxylation sites is 1. The molecule has 2 aromatic rings. The van der Waals surface area contributed by atoms with Gasteiger partial charge in [-0.2, -0.15) is 0 Å². The molecule has 4 rings (SSSR count). The van der Waals surface area contributed by atoms with Crippen LogP contribution in [0.2, 0.25) is 0 Å². The van der Waals surface area contributed by atoms with Gasteiger partial charge in [0.25, 0.3) is 0 Å². The SMILES string of the molecule is O=c1[nH]c(O)c2n1CC1Nc3ccccc3C1=C2. The van der Waals surface area contributed by atoms with Crippen LogP contribution in [0.15, 0.2) is 29.1 Å². The molecule has 5 heteroatoms. The Hall–Kier alpha value is -2.43. The van der Waals surface area contributed by atoms with Gasteiger partial charge in [0.2, 0.25) is 5.88 Å². The molecule has 0 amide bonds. The van der Waals surface area contributed by atoms with Crippen LogP contribution in [0.1, 0.15) is 11.3 Å². The van der Waals surface area contributed by atoms with Crippen molar-refractivity contribution in [2.75, 3.05) is 5.32 Å². The number of nitrogens with zero attached hydrogens (tertiary/aromatic N) is 1. The fraction of sp³-hybridized carbons (Fsp3) is 0.154. The quantitative estimate of drug-likeness (QED) is 0.649. The lowest BCUT2D eigenvalue weighted by atomic mass is 9.99. The maximum Gasteiger partial charge on any atom is 0.328 e. The van der Waals surface area contributed by atoms with Crippen molar-refractivity contribution in [1.29, 1.82) is 0 Å². The van der Waals surface area contributed by atoms with E-state index >= 15 is 0 Å². The van der Waals surface area contributed by atoms with E-state index in [4.69, 9.17) is 0 Å². The predicted molar refractivity (Wildman–Crippen MR) is 68.4 cm³/mol. The smallest absolute Gasteiger partial charge is 0.328 e. The van der Waals surface area contributed by atoms with Gasteiger partial charge in [-0.15, -0.1) is 0 Å². The van der Waals surface area contributed by atoms with Gasteiger partial charge in [-0.1, -0.05) is 18.2 Å². The van der Waals surface area contributed by atoms with Crippen LogP contribution in [0.4, 0.5) is 5.69 Å². The van der Waals surface area contributed by atoms with E-state index in [1.165, 1.54) is 0 Å². The molecule has 5 nitrogen and oxygen atoms in total. The first-order valence-electron chi connectivity index (χ1n) is 5.83. The van der Waals surface area contributed by atoms with Gasteiger partial charge in [0, 0.05) is 11.3 Å². The Bertz CT molecular complexity index is 739. The summed E-state index contributed by atoms with van der Waals surface area (Å²) in [7, 11) is 0. The third-order valence-corrected chi connectivity index (χ3v) is 3.60. The number of nitrogens with one attached hydrogen (secondary N) is 2. The summed E-state index contributed by atoms with van der Waals surface area (Å²) in [4.78, 5) is 14.1. The summed E-state index contributed by atoms with van der Waals surface area (Å²) in [5.74, 6) is -0.0599. The Labute approximate surface area is 102 Å². The molecule has 0 aliphatic carbocycles. The highest BCUT2D eigenvalue weighted by Gasteiger charge is 2.31. The van der Waals surface area contributed by atoms with E-state index in [2.05, 4.69) is 10.3 Å². The molecule has 1 aromatic heterocycles. The molecule has 3 N–H and O–H groups in total. The minimum Gasteiger partial charge on any atom is -0.493 e. The summed E-state index contributed by atoms with van der Waals surface area (Å²) in [5.41, 5.74) is 3.64. The molecule has 0 fully saturated rings. The fourth-order valence-corrected chi connectivity index (χ4v) is 2.76. The average Bonchev–Trinajstić information content (AvgIpc) is 2.86. The Kier molecular flexibility index (Phi) is 1.63. The van der Waals surface area contributed by atoms with Crippen LogP contribution < -0.4 is 11.0 Å². The number of aromatic amines is 1. The van der Waals surface area contributed by atoms with Crippen molar-refractivity contribution >= 4 is 17.3 Å². The van der Waals surface area contributed by atoms with Crippen LogP contribution in [-0.2, 0) is 6.54 Å². The summed E-state index contributed by atoms with van der Waals surface area (Å²) in [5, 5.41) is 13.1. The number of rotatable bonds is 0. The van der Waals surface area contributed by atoms with Gasteiger partial charge >= 0.3 is 5.69 Å². The van der Waals surface area contributed by atoms with E-state index in [9.17, 15) is 9.90 Å². The first-order valence-corrected chi connectivity index (χ1v) is 5.83. The van der Waals surface area contributed by atoms with Crippen LogP contribution in [0.5, 0.6) is 5.88 Å². The minimum atomic E-state index is -0.268. The number of hydrogen-bond donors (Lipinski definition) is 3. The molecule has 18 heavy (non-hydrogen) atoms. The van der Waals surface area contributed by atoms with Crippen molar-refractivity contribution in [3.05, 3.63) is 46.0 Å². The minimum absolute atomic E-state index is 0.0599. The summed E-state index contributed by atoms with van der Waals surface area (Å²) in [6.45, 7) is 0.533. The first-order chi connectivity index (χ1) is 8.74. The topological polar surface area (TPSA) is 70.0 Å². The normalized spacial score (nSPS) is 19.6. The van der Waals surface area contributed by atoms with E-state index in [-0.39, 0.29) is 17.6 Å². The zero-order valence-corrected chi connectivity index (χ0v) is 9.47. The maximum absolute atomic E-state index is 11.6. The number of aromatic hydroxyl groups is 1. The van der Waals surface area contributed by atoms with Gasteiger partial charge in [0.1, 0.15) is 5.69 Å². The lowest BCUT2D eigenvalue weighted by molar-refractivity contribution is 0.453. The van der Waals surface area contributed by atoms with Gasteiger partial charge in [0.05, 0.1) is 12.6 Å². The number of hydrogen-bond acceptors (Lipinski definition) is 3. The predicted octanol–water partition coefficient (Wildman–Crippen LogP) is 1.23. The van der Waals surface area contributed by atoms with Gasteiger partial charge in [0.15, 0.2) is 0 Å². The van der Waals surface area contributed by atoms with Crippen molar-refractivity contribution < 1.29 is 5.11 Å². The zero-order chi connectivity index (χ0) is 12.3. The first kappa shape index (κ1) is 9.58. The lowest BCUT2D eigenvalue weighted by Crippen LogP contribution is -2.31. The third-order valence-electron chi connectivity index (χ3n) is 3.60. The molecule has 0 spiro atoms. The van der Waals surface area contributed by atoms with Crippen LogP contribution >= 0.6 is 0 Å². The second kappa shape index (κ2) is 3.07. The molecule has 0 saturated heterocycles. The summed E-state index contributed by atoms with van der Waals surface area (Å²) in [6, 6.07) is 8.14. The van der Waals surface area contributed by atoms with E-state index in [0.717, 1.165) is 16.8 Å². The van der Waals surface area contributed by atoms with E-state index < -0.39 is 0 Å². The summed E-state index contributed by atoms with van der Waals surface area (Å²) < 4.78 is 1.56. The van der Waals surface area contributed by atoms with E-state index in [0.29, 0.717) is 12.2 Å². The number of aromatic nitrogens is 2. The number of H-pyrrole nitrogens is 1. The fourth-order valence-electron chi connectivity index (χ4n) is 2.76. The largest absolute Gasteiger partial charge is 0.493 e. The molecule has 3 heterocycles. The van der Waals surface area contributed by atoms with E-state index in [1.807, 2.05) is 30.3 Å². The van der Waals surface area contributed by atoms with Crippen molar-refractivity contribution in [3.63, 3.8) is 0 Å². The molecular weight excluding hydrogens is 230 g/mol. The molecule has 90 valence electrons. The number of imidazole rings is 1. The highest BCUT2D eigenvalue weighted by Crippen LogP contribution is 2.39. The molecule has 1 unspecified atom stereocenters. The number of fused-ring (bicyclic) bond motifs is 4. The number of benzene rings is 1. The zero-order valence-electron chi connectivity index (χ0n) is 9.47. The third kappa shape index (κ3) is 1.08. The maximum atomic E-state index is 11.6. The second-order valence-corrected chi connectivity index (χ2v) is 4.62. The van der Waals surface area contributed by atoms with Gasteiger partial charge in [-0.3, -0.25) is 9.55 Å². The van der Waals surface area contributed by atoms with Crippen molar-refractivity contribution in [3.8, 4) is 5.88 Å².